The summed E-state index contributed by atoms with van der Waals surface area (Å²) in [5.41, 5.74) is 4.47. The average Bonchev–Trinajstić information content (AvgIpc) is 3.00. The molecule has 0 fully saturated rings. The number of carboxylic acid groups (broad SMARTS) is 1. The molecule has 2 aromatic heterocycles. The Kier molecular flexibility index (Phi) is 2.82. The van der Waals surface area contributed by atoms with E-state index in [9.17, 15) is 9.90 Å². The number of aromatic nitrogens is 3. The number of pyridine rings is 1. The summed E-state index contributed by atoms with van der Waals surface area (Å²) in [6.45, 7) is 5.38. The van der Waals surface area contributed by atoms with Crippen LogP contribution in [0.1, 0.15) is 29.9 Å². The van der Waals surface area contributed by atoms with Crippen LogP contribution in [0.2, 0.25) is 0 Å². The molecule has 0 saturated carbocycles. The van der Waals surface area contributed by atoms with E-state index in [2.05, 4.69) is 28.6 Å². The molecule has 0 saturated heterocycles. The Morgan fingerprint density at radius 2 is 2.13 bits per heavy atom. The fourth-order valence-electron chi connectivity index (χ4n) is 3.39. The van der Waals surface area contributed by atoms with Gasteiger partial charge in [-0.25, -0.2) is 4.79 Å². The minimum absolute atomic E-state index is 0.211. The van der Waals surface area contributed by atoms with Crippen LogP contribution in [0.5, 0.6) is 0 Å². The molecule has 0 atom stereocenters. The molecule has 3 aromatic rings. The van der Waals surface area contributed by atoms with Crippen LogP contribution in [-0.2, 0) is 13.0 Å². The van der Waals surface area contributed by atoms with Crippen LogP contribution < -0.4 is 0 Å². The molecule has 0 unspecified atom stereocenters. The molecule has 116 valence electrons. The van der Waals surface area contributed by atoms with Crippen LogP contribution >= 0.6 is 0 Å². The van der Waals surface area contributed by atoms with E-state index in [4.69, 9.17) is 0 Å². The van der Waals surface area contributed by atoms with Gasteiger partial charge in [-0.3, -0.25) is 9.67 Å². The van der Waals surface area contributed by atoms with Crippen molar-refractivity contribution in [2.45, 2.75) is 26.8 Å². The Morgan fingerprint density at radius 3 is 2.91 bits per heavy atom. The number of hydrogen-bond acceptors (Lipinski definition) is 3. The van der Waals surface area contributed by atoms with E-state index in [1.54, 1.807) is 6.07 Å². The van der Waals surface area contributed by atoms with Crippen molar-refractivity contribution in [1.82, 2.24) is 14.8 Å². The Labute approximate surface area is 133 Å². The quantitative estimate of drug-likeness (QED) is 0.788. The van der Waals surface area contributed by atoms with Crippen molar-refractivity contribution >= 4 is 16.9 Å². The van der Waals surface area contributed by atoms with Crippen LogP contribution in [-0.4, -0.2) is 25.8 Å². The van der Waals surface area contributed by atoms with Crippen LogP contribution in [0.25, 0.3) is 22.0 Å². The normalized spacial score (nSPS) is 15.7. The van der Waals surface area contributed by atoms with Gasteiger partial charge in [-0.1, -0.05) is 19.9 Å². The molecule has 0 spiro atoms. The van der Waals surface area contributed by atoms with Gasteiger partial charge >= 0.3 is 5.97 Å². The number of nitrogens with zero attached hydrogens (tertiary/aromatic N) is 3. The zero-order chi connectivity index (χ0) is 16.2. The van der Waals surface area contributed by atoms with Crippen molar-refractivity contribution in [2.75, 3.05) is 0 Å². The Hall–Kier alpha value is -2.69. The number of carbonyl (C=O) groups is 1. The summed E-state index contributed by atoms with van der Waals surface area (Å²) in [6, 6.07) is 7.32. The molecule has 5 nitrogen and oxygen atoms in total. The summed E-state index contributed by atoms with van der Waals surface area (Å²) < 4.78 is 2.06. The molecule has 0 aliphatic carbocycles. The zero-order valence-corrected chi connectivity index (χ0v) is 13.1. The van der Waals surface area contributed by atoms with Gasteiger partial charge in [0.25, 0.3) is 0 Å². The standard InChI is InChI=1S/C18H17N3O2/c1-18(2)8-16-14(9-20-21(16)10-18)11-3-4-15-13(7-11)12(17(22)23)5-6-19-15/h3-7,9H,8,10H2,1-2H3,(H,22,23). The second-order valence-corrected chi connectivity index (χ2v) is 6.90. The van der Waals surface area contributed by atoms with E-state index in [1.807, 2.05) is 24.4 Å². The van der Waals surface area contributed by atoms with Crippen molar-refractivity contribution in [3.05, 3.63) is 47.9 Å². The summed E-state index contributed by atoms with van der Waals surface area (Å²) in [4.78, 5) is 15.7. The molecule has 3 heterocycles. The number of carboxylic acids is 1. The lowest BCUT2D eigenvalue weighted by Crippen LogP contribution is -2.12. The number of benzene rings is 1. The van der Waals surface area contributed by atoms with Crippen molar-refractivity contribution < 1.29 is 9.90 Å². The van der Waals surface area contributed by atoms with Crippen LogP contribution in [0.3, 0.4) is 0 Å². The number of aromatic carboxylic acids is 1. The lowest BCUT2D eigenvalue weighted by molar-refractivity contribution is 0.0699. The minimum Gasteiger partial charge on any atom is -0.478 e. The van der Waals surface area contributed by atoms with Crippen molar-refractivity contribution in [3.8, 4) is 11.1 Å². The second-order valence-electron chi connectivity index (χ2n) is 6.90. The third kappa shape index (κ3) is 2.20. The molecule has 5 heteroatoms. The van der Waals surface area contributed by atoms with Crippen LogP contribution in [0.4, 0.5) is 0 Å². The van der Waals surface area contributed by atoms with Gasteiger partial charge < -0.3 is 5.11 Å². The average molecular weight is 307 g/mol. The van der Waals surface area contributed by atoms with Crippen molar-refractivity contribution in [2.24, 2.45) is 5.41 Å². The lowest BCUT2D eigenvalue weighted by Gasteiger charge is -2.14. The van der Waals surface area contributed by atoms with Crippen molar-refractivity contribution in [1.29, 1.82) is 0 Å². The molecule has 1 aliphatic heterocycles. The molecule has 4 rings (SSSR count). The van der Waals surface area contributed by atoms with Crippen molar-refractivity contribution in [3.63, 3.8) is 0 Å². The summed E-state index contributed by atoms with van der Waals surface area (Å²) in [7, 11) is 0. The van der Waals surface area contributed by atoms with Gasteiger partial charge in [-0.15, -0.1) is 0 Å². The maximum absolute atomic E-state index is 11.4. The summed E-state index contributed by atoms with van der Waals surface area (Å²) in [5.74, 6) is -0.934. The van der Waals surface area contributed by atoms with Gasteiger partial charge in [0.05, 0.1) is 17.3 Å². The monoisotopic (exact) mass is 307 g/mol. The summed E-state index contributed by atoms with van der Waals surface area (Å²) >= 11 is 0. The third-order valence-electron chi connectivity index (χ3n) is 4.46. The molecule has 0 bridgehead atoms. The predicted octanol–water partition coefficient (Wildman–Crippen LogP) is 3.38. The molecule has 1 aromatic carbocycles. The number of fused-ring (bicyclic) bond motifs is 2. The molecular formula is C18H17N3O2. The first-order valence-corrected chi connectivity index (χ1v) is 7.62. The SMILES string of the molecule is CC1(C)Cc2c(-c3ccc4nccc(C(=O)O)c4c3)cnn2C1. The van der Waals surface area contributed by atoms with Gasteiger partial charge in [0.1, 0.15) is 0 Å². The summed E-state index contributed by atoms with van der Waals surface area (Å²) in [5, 5.41) is 14.5. The fourth-order valence-corrected chi connectivity index (χ4v) is 3.39. The number of hydrogen-bond donors (Lipinski definition) is 1. The smallest absolute Gasteiger partial charge is 0.336 e. The van der Waals surface area contributed by atoms with Gasteiger partial charge in [0.2, 0.25) is 0 Å². The third-order valence-corrected chi connectivity index (χ3v) is 4.46. The lowest BCUT2D eigenvalue weighted by atomic mass is 9.89. The highest BCUT2D eigenvalue weighted by atomic mass is 16.4. The molecule has 23 heavy (non-hydrogen) atoms. The van der Waals surface area contributed by atoms with Gasteiger partial charge in [0, 0.05) is 29.4 Å². The molecule has 0 amide bonds. The summed E-state index contributed by atoms with van der Waals surface area (Å²) in [6.07, 6.45) is 4.38. The highest BCUT2D eigenvalue weighted by Crippen LogP contribution is 2.37. The van der Waals surface area contributed by atoms with Gasteiger partial charge in [-0.2, -0.15) is 5.10 Å². The Bertz CT molecular complexity index is 941. The largest absolute Gasteiger partial charge is 0.478 e. The van der Waals surface area contributed by atoms with Gasteiger partial charge in [-0.05, 0) is 35.6 Å². The van der Waals surface area contributed by atoms with Crippen LogP contribution in [0, 0.1) is 5.41 Å². The zero-order valence-electron chi connectivity index (χ0n) is 13.1. The highest BCUT2D eigenvalue weighted by Gasteiger charge is 2.31. The van der Waals surface area contributed by atoms with Gasteiger partial charge in [0.15, 0.2) is 0 Å². The fraction of sp³-hybridized carbons (Fsp3) is 0.278. The van der Waals surface area contributed by atoms with Crippen LogP contribution in [0.15, 0.2) is 36.7 Å². The van der Waals surface area contributed by atoms with E-state index in [-0.39, 0.29) is 11.0 Å². The van der Waals surface area contributed by atoms with E-state index < -0.39 is 5.97 Å². The first-order valence-electron chi connectivity index (χ1n) is 7.62. The molecular weight excluding hydrogens is 290 g/mol. The second kappa shape index (κ2) is 4.65. The van der Waals surface area contributed by atoms with E-state index in [0.717, 1.165) is 24.1 Å². The van der Waals surface area contributed by atoms with E-state index >= 15 is 0 Å². The number of rotatable bonds is 2. The predicted molar refractivity (Wildman–Crippen MR) is 87.4 cm³/mol. The first-order chi connectivity index (χ1) is 10.9. The molecule has 1 aliphatic rings. The molecule has 0 radical (unpaired) electrons. The maximum atomic E-state index is 11.4. The Morgan fingerprint density at radius 1 is 1.30 bits per heavy atom. The Balaban J connectivity index is 1.89. The van der Waals surface area contributed by atoms with E-state index in [0.29, 0.717) is 10.9 Å². The highest BCUT2D eigenvalue weighted by molar-refractivity contribution is 6.03. The first kappa shape index (κ1) is 13.9. The minimum atomic E-state index is -0.934. The molecule has 1 N–H and O–H groups in total. The topological polar surface area (TPSA) is 68.0 Å². The van der Waals surface area contributed by atoms with E-state index in [1.165, 1.54) is 11.9 Å². The maximum Gasteiger partial charge on any atom is 0.336 e.